The predicted molar refractivity (Wildman–Crippen MR) is 59.5 cm³/mol. The molecular weight excluding hydrogens is 202 g/mol. The minimum Gasteiger partial charge on any atom is -0.379 e. The first-order chi connectivity index (χ1) is 7.79. The van der Waals surface area contributed by atoms with Crippen LogP contribution in [0, 0.1) is 11.3 Å². The van der Waals surface area contributed by atoms with E-state index in [0.717, 1.165) is 11.4 Å². The summed E-state index contributed by atoms with van der Waals surface area (Å²) in [6.07, 6.45) is 1.71. The van der Waals surface area contributed by atoms with Gasteiger partial charge >= 0.3 is 0 Å². The van der Waals surface area contributed by atoms with Crippen LogP contribution < -0.4 is 5.32 Å². The van der Waals surface area contributed by atoms with E-state index in [4.69, 9.17) is 5.26 Å². The fourth-order valence-electron chi connectivity index (χ4n) is 1.36. The van der Waals surface area contributed by atoms with Gasteiger partial charge in [0, 0.05) is 12.7 Å². The molecule has 1 N–H and O–H groups in total. The first-order valence-corrected chi connectivity index (χ1v) is 4.87. The Bertz CT molecular complexity index is 523. The highest BCUT2D eigenvalue weighted by Gasteiger charge is 1.99. The summed E-state index contributed by atoms with van der Waals surface area (Å²) in [5.74, 6) is 0. The molecule has 0 spiro atoms. The summed E-state index contributed by atoms with van der Waals surface area (Å²) < 4.78 is 1.71. The fourth-order valence-corrected chi connectivity index (χ4v) is 1.36. The van der Waals surface area contributed by atoms with Gasteiger partial charge < -0.3 is 5.32 Å². The minimum absolute atomic E-state index is 0.637. The third kappa shape index (κ3) is 2.17. The number of aryl methyl sites for hydroxylation is 1. The lowest BCUT2D eigenvalue weighted by Gasteiger charge is -2.05. The molecule has 0 radical (unpaired) electrons. The van der Waals surface area contributed by atoms with Crippen molar-refractivity contribution in [3.8, 4) is 6.07 Å². The second-order valence-corrected chi connectivity index (χ2v) is 3.40. The minimum atomic E-state index is 0.637. The molecule has 1 aromatic heterocycles. The zero-order chi connectivity index (χ0) is 11.4. The fraction of sp³-hybridized carbons (Fsp3) is 0.182. The molecule has 0 aliphatic carbocycles. The lowest BCUT2D eigenvalue weighted by molar-refractivity contribution is 0.683. The number of nitrogens with one attached hydrogen (secondary N) is 1. The summed E-state index contributed by atoms with van der Waals surface area (Å²) in [7, 11) is 1.84. The van der Waals surface area contributed by atoms with Crippen LogP contribution >= 0.6 is 0 Å². The standard InChI is InChI=1S/C11H11N5/c1-16-11(8-14-15-16)7-13-10-4-2-3-9(5-10)6-12/h2-5,8,13H,7H2,1H3. The Morgan fingerprint density at radius 3 is 3.06 bits per heavy atom. The average Bonchev–Trinajstić information content (AvgIpc) is 2.72. The highest BCUT2D eigenvalue weighted by Crippen LogP contribution is 2.10. The van der Waals surface area contributed by atoms with Gasteiger partial charge in [-0.3, -0.25) is 4.68 Å². The Labute approximate surface area is 93.3 Å². The summed E-state index contributed by atoms with van der Waals surface area (Å²) >= 11 is 0. The Morgan fingerprint density at radius 1 is 1.50 bits per heavy atom. The summed E-state index contributed by atoms with van der Waals surface area (Å²) in [5.41, 5.74) is 2.55. The van der Waals surface area contributed by atoms with Crippen molar-refractivity contribution in [1.29, 1.82) is 5.26 Å². The van der Waals surface area contributed by atoms with Crippen LogP contribution in [0.15, 0.2) is 30.5 Å². The molecule has 16 heavy (non-hydrogen) atoms. The van der Waals surface area contributed by atoms with Crippen LogP contribution in [0.3, 0.4) is 0 Å². The van der Waals surface area contributed by atoms with Gasteiger partial charge in [0.05, 0.1) is 30.1 Å². The van der Waals surface area contributed by atoms with E-state index in [9.17, 15) is 0 Å². The first-order valence-electron chi connectivity index (χ1n) is 4.87. The molecule has 5 heteroatoms. The monoisotopic (exact) mass is 213 g/mol. The highest BCUT2D eigenvalue weighted by molar-refractivity contribution is 5.49. The van der Waals surface area contributed by atoms with Gasteiger partial charge in [-0.15, -0.1) is 5.10 Å². The van der Waals surface area contributed by atoms with Gasteiger partial charge in [-0.25, -0.2) is 0 Å². The van der Waals surface area contributed by atoms with Gasteiger partial charge in [-0.2, -0.15) is 5.26 Å². The molecule has 0 amide bonds. The van der Waals surface area contributed by atoms with Crippen LogP contribution in [0.1, 0.15) is 11.3 Å². The second kappa shape index (κ2) is 4.45. The van der Waals surface area contributed by atoms with Crippen molar-refractivity contribution in [1.82, 2.24) is 15.0 Å². The van der Waals surface area contributed by atoms with Gasteiger partial charge in [0.1, 0.15) is 0 Å². The molecule has 2 rings (SSSR count). The van der Waals surface area contributed by atoms with Crippen LogP contribution in [-0.2, 0) is 13.6 Å². The van der Waals surface area contributed by atoms with Crippen LogP contribution in [0.5, 0.6) is 0 Å². The van der Waals surface area contributed by atoms with Crippen LogP contribution in [0.4, 0.5) is 5.69 Å². The quantitative estimate of drug-likeness (QED) is 0.834. The second-order valence-electron chi connectivity index (χ2n) is 3.40. The largest absolute Gasteiger partial charge is 0.379 e. The number of hydrogen-bond donors (Lipinski definition) is 1. The normalized spacial score (nSPS) is 9.75. The van der Waals surface area contributed by atoms with Crippen LogP contribution in [0.25, 0.3) is 0 Å². The number of anilines is 1. The van der Waals surface area contributed by atoms with Gasteiger partial charge in [-0.05, 0) is 18.2 Å². The van der Waals surface area contributed by atoms with Crippen molar-refractivity contribution >= 4 is 5.69 Å². The maximum Gasteiger partial charge on any atom is 0.0992 e. The average molecular weight is 213 g/mol. The number of aromatic nitrogens is 3. The molecule has 1 aromatic carbocycles. The van der Waals surface area contributed by atoms with E-state index in [1.807, 2.05) is 25.2 Å². The number of nitriles is 1. The van der Waals surface area contributed by atoms with Crippen molar-refractivity contribution in [3.05, 3.63) is 41.7 Å². The van der Waals surface area contributed by atoms with E-state index in [1.54, 1.807) is 16.9 Å². The van der Waals surface area contributed by atoms with Crippen molar-refractivity contribution in [2.45, 2.75) is 6.54 Å². The molecule has 1 heterocycles. The molecule has 80 valence electrons. The molecule has 0 atom stereocenters. The Morgan fingerprint density at radius 2 is 2.38 bits per heavy atom. The smallest absolute Gasteiger partial charge is 0.0992 e. The lowest BCUT2D eigenvalue weighted by atomic mass is 10.2. The zero-order valence-electron chi connectivity index (χ0n) is 8.88. The van der Waals surface area contributed by atoms with E-state index in [2.05, 4.69) is 21.7 Å². The van der Waals surface area contributed by atoms with Crippen molar-refractivity contribution in [2.24, 2.45) is 7.05 Å². The lowest BCUT2D eigenvalue weighted by Crippen LogP contribution is -2.05. The van der Waals surface area contributed by atoms with E-state index in [-0.39, 0.29) is 0 Å². The molecular formula is C11H11N5. The zero-order valence-corrected chi connectivity index (χ0v) is 8.88. The number of rotatable bonds is 3. The highest BCUT2D eigenvalue weighted by atomic mass is 15.4. The van der Waals surface area contributed by atoms with Crippen LogP contribution in [0.2, 0.25) is 0 Å². The van der Waals surface area contributed by atoms with E-state index in [0.29, 0.717) is 12.1 Å². The van der Waals surface area contributed by atoms with E-state index >= 15 is 0 Å². The molecule has 2 aromatic rings. The number of nitrogens with zero attached hydrogens (tertiary/aromatic N) is 4. The summed E-state index contributed by atoms with van der Waals surface area (Å²) in [5, 5.41) is 19.6. The maximum atomic E-state index is 8.76. The SMILES string of the molecule is Cn1nncc1CNc1cccc(C#N)c1. The number of hydrogen-bond acceptors (Lipinski definition) is 4. The van der Waals surface area contributed by atoms with Crippen LogP contribution in [-0.4, -0.2) is 15.0 Å². The van der Waals surface area contributed by atoms with Gasteiger partial charge in [0.25, 0.3) is 0 Å². The van der Waals surface area contributed by atoms with Gasteiger partial charge in [0.2, 0.25) is 0 Å². The Kier molecular flexibility index (Phi) is 2.83. The maximum absolute atomic E-state index is 8.76. The van der Waals surface area contributed by atoms with E-state index < -0.39 is 0 Å². The van der Waals surface area contributed by atoms with Crippen molar-refractivity contribution in [2.75, 3.05) is 5.32 Å². The Hall–Kier alpha value is -2.35. The molecule has 0 unspecified atom stereocenters. The van der Waals surface area contributed by atoms with Gasteiger partial charge in [-0.1, -0.05) is 11.3 Å². The van der Waals surface area contributed by atoms with Gasteiger partial charge in [0.15, 0.2) is 0 Å². The summed E-state index contributed by atoms with van der Waals surface area (Å²) in [6.45, 7) is 0.637. The molecule has 0 bridgehead atoms. The van der Waals surface area contributed by atoms with Crippen molar-refractivity contribution < 1.29 is 0 Å². The van der Waals surface area contributed by atoms with E-state index in [1.165, 1.54) is 0 Å². The molecule has 0 saturated heterocycles. The molecule has 0 saturated carbocycles. The summed E-state index contributed by atoms with van der Waals surface area (Å²) in [4.78, 5) is 0. The Balaban J connectivity index is 2.05. The molecule has 5 nitrogen and oxygen atoms in total. The summed E-state index contributed by atoms with van der Waals surface area (Å²) in [6, 6.07) is 9.46. The third-order valence-electron chi connectivity index (χ3n) is 2.27. The number of benzene rings is 1. The third-order valence-corrected chi connectivity index (χ3v) is 2.27. The topological polar surface area (TPSA) is 66.5 Å². The molecule has 0 aliphatic heterocycles. The van der Waals surface area contributed by atoms with Crippen molar-refractivity contribution in [3.63, 3.8) is 0 Å². The molecule has 0 aliphatic rings. The molecule has 0 fully saturated rings. The predicted octanol–water partition coefficient (Wildman–Crippen LogP) is 1.30. The first kappa shape index (κ1) is 10.2.